The monoisotopic (exact) mass is 263 g/mol. The van der Waals surface area contributed by atoms with Gasteiger partial charge in [-0.15, -0.1) is 0 Å². The third-order valence-corrected chi connectivity index (χ3v) is 3.45. The second kappa shape index (κ2) is 5.93. The minimum absolute atomic E-state index is 0.0291. The molecule has 1 aromatic carbocycles. The summed E-state index contributed by atoms with van der Waals surface area (Å²) in [7, 11) is 0. The van der Waals surface area contributed by atoms with Gasteiger partial charge in [0, 0.05) is 23.6 Å². The lowest BCUT2D eigenvalue weighted by molar-refractivity contribution is -0.124. The summed E-state index contributed by atoms with van der Waals surface area (Å²) >= 11 is 1.55. The van der Waals surface area contributed by atoms with E-state index in [9.17, 15) is 4.79 Å². The zero-order chi connectivity index (χ0) is 13.0. The molecule has 1 aliphatic rings. The van der Waals surface area contributed by atoms with Crippen molar-refractivity contribution in [1.29, 1.82) is 0 Å². The summed E-state index contributed by atoms with van der Waals surface area (Å²) < 4.78 is 0. The van der Waals surface area contributed by atoms with Gasteiger partial charge in [0.15, 0.2) is 0 Å². The smallest absolute Gasteiger partial charge is 0.222 e. The Morgan fingerprint density at radius 1 is 1.33 bits per heavy atom. The van der Waals surface area contributed by atoms with Crippen LogP contribution < -0.4 is 15.6 Å². The van der Waals surface area contributed by atoms with Crippen molar-refractivity contribution in [2.45, 2.75) is 20.4 Å². The molecule has 0 saturated carbocycles. The zero-order valence-electron chi connectivity index (χ0n) is 10.5. The Kier molecular flexibility index (Phi) is 4.28. The first-order chi connectivity index (χ1) is 8.66. The van der Waals surface area contributed by atoms with Crippen LogP contribution >= 0.6 is 11.9 Å². The predicted molar refractivity (Wildman–Crippen MR) is 75.0 cm³/mol. The summed E-state index contributed by atoms with van der Waals surface area (Å²) in [4.78, 5) is 15.6. The molecule has 4 nitrogen and oxygen atoms in total. The molecular formula is C13H17N3OS. The third kappa shape index (κ3) is 3.27. The van der Waals surface area contributed by atoms with E-state index in [2.05, 4.69) is 27.7 Å². The standard InChI is InChI=1S/C13H17N3OS/c1-9(2)13(17)14-7-10-3-5-11(6-4-10)12-8-15-16-18-12/h3-6,8-9,15-16H,7H2,1-2H3,(H,14,17). The van der Waals surface area contributed by atoms with Gasteiger partial charge in [0.05, 0.1) is 0 Å². The van der Waals surface area contributed by atoms with Crippen LogP contribution in [0, 0.1) is 5.92 Å². The van der Waals surface area contributed by atoms with Crippen LogP contribution in [0.15, 0.2) is 30.5 Å². The van der Waals surface area contributed by atoms with E-state index in [4.69, 9.17) is 0 Å². The van der Waals surface area contributed by atoms with Gasteiger partial charge >= 0.3 is 0 Å². The summed E-state index contributed by atoms with van der Waals surface area (Å²) in [6, 6.07) is 8.19. The molecule has 2 rings (SSSR count). The van der Waals surface area contributed by atoms with Crippen molar-refractivity contribution < 1.29 is 4.79 Å². The van der Waals surface area contributed by atoms with Crippen molar-refractivity contribution in [2.24, 2.45) is 5.92 Å². The van der Waals surface area contributed by atoms with Gasteiger partial charge in [-0.2, -0.15) is 4.83 Å². The molecule has 0 unspecified atom stereocenters. The Labute approximate surface area is 111 Å². The molecule has 0 aliphatic carbocycles. The van der Waals surface area contributed by atoms with Crippen LogP contribution in [0.3, 0.4) is 0 Å². The van der Waals surface area contributed by atoms with Crippen LogP contribution in [-0.4, -0.2) is 5.91 Å². The molecule has 0 radical (unpaired) electrons. The van der Waals surface area contributed by atoms with Crippen molar-refractivity contribution in [1.82, 2.24) is 15.6 Å². The molecule has 0 aromatic heterocycles. The van der Waals surface area contributed by atoms with Gasteiger partial charge in [0.2, 0.25) is 5.91 Å². The van der Waals surface area contributed by atoms with Gasteiger partial charge in [-0.1, -0.05) is 38.1 Å². The molecule has 1 aliphatic heterocycles. The predicted octanol–water partition coefficient (Wildman–Crippen LogP) is 2.01. The molecule has 0 saturated heterocycles. The maximum absolute atomic E-state index is 11.5. The van der Waals surface area contributed by atoms with E-state index in [1.165, 1.54) is 0 Å². The van der Waals surface area contributed by atoms with Crippen molar-refractivity contribution in [3.8, 4) is 0 Å². The lowest BCUT2D eigenvalue weighted by Gasteiger charge is -2.08. The first-order valence-corrected chi connectivity index (χ1v) is 6.73. The number of benzene rings is 1. The fourth-order valence-electron chi connectivity index (χ4n) is 1.53. The number of nitrogens with one attached hydrogen (secondary N) is 3. The highest BCUT2D eigenvalue weighted by molar-refractivity contribution is 8.06. The minimum atomic E-state index is 0.0291. The van der Waals surface area contributed by atoms with Crippen LogP contribution in [0.2, 0.25) is 0 Å². The highest BCUT2D eigenvalue weighted by atomic mass is 32.2. The molecule has 1 amide bonds. The summed E-state index contributed by atoms with van der Waals surface area (Å²) in [5.41, 5.74) is 5.20. The van der Waals surface area contributed by atoms with Crippen molar-refractivity contribution in [2.75, 3.05) is 0 Å². The molecule has 3 N–H and O–H groups in total. The normalized spacial score (nSPS) is 14.3. The second-order valence-corrected chi connectivity index (χ2v) is 5.27. The van der Waals surface area contributed by atoms with Crippen molar-refractivity contribution in [3.05, 3.63) is 41.6 Å². The highest BCUT2D eigenvalue weighted by Gasteiger charge is 2.08. The Balaban J connectivity index is 1.93. The SMILES string of the molecule is CC(C)C(=O)NCc1ccc(C2=CNNS2)cc1. The minimum Gasteiger partial charge on any atom is -0.352 e. The number of hydrogen-bond donors (Lipinski definition) is 3. The lowest BCUT2D eigenvalue weighted by Crippen LogP contribution is -2.27. The van der Waals surface area contributed by atoms with Gasteiger partial charge < -0.3 is 10.7 Å². The molecule has 0 spiro atoms. The molecule has 0 bridgehead atoms. The van der Waals surface area contributed by atoms with Gasteiger partial charge in [-0.3, -0.25) is 4.79 Å². The Bertz CT molecular complexity index is 454. The average Bonchev–Trinajstić information content (AvgIpc) is 2.90. The Morgan fingerprint density at radius 3 is 2.61 bits per heavy atom. The van der Waals surface area contributed by atoms with Crippen LogP contribution in [-0.2, 0) is 11.3 Å². The summed E-state index contributed by atoms with van der Waals surface area (Å²) in [6.45, 7) is 4.37. The zero-order valence-corrected chi connectivity index (χ0v) is 11.3. The maximum Gasteiger partial charge on any atom is 0.222 e. The quantitative estimate of drug-likeness (QED) is 0.727. The molecule has 1 heterocycles. The Hall–Kier alpha value is -1.46. The number of amides is 1. The van der Waals surface area contributed by atoms with Crippen LogP contribution in [0.5, 0.6) is 0 Å². The van der Waals surface area contributed by atoms with E-state index >= 15 is 0 Å². The summed E-state index contributed by atoms with van der Waals surface area (Å²) in [5.74, 6) is 0.114. The van der Waals surface area contributed by atoms with E-state index in [1.807, 2.05) is 32.2 Å². The summed E-state index contributed by atoms with van der Waals surface area (Å²) in [6.07, 6.45) is 1.93. The van der Waals surface area contributed by atoms with Gasteiger partial charge in [0.1, 0.15) is 0 Å². The molecular weight excluding hydrogens is 246 g/mol. The molecule has 0 atom stereocenters. The molecule has 5 heteroatoms. The fourth-order valence-corrected chi connectivity index (χ4v) is 2.13. The number of hydrogen-bond acceptors (Lipinski definition) is 4. The van der Waals surface area contributed by atoms with E-state index in [0.717, 1.165) is 16.0 Å². The molecule has 0 fully saturated rings. The lowest BCUT2D eigenvalue weighted by atomic mass is 10.1. The van der Waals surface area contributed by atoms with E-state index in [0.29, 0.717) is 6.54 Å². The van der Waals surface area contributed by atoms with Gasteiger partial charge in [-0.05, 0) is 23.1 Å². The first-order valence-electron chi connectivity index (χ1n) is 5.91. The van der Waals surface area contributed by atoms with Crippen molar-refractivity contribution in [3.63, 3.8) is 0 Å². The molecule has 18 heavy (non-hydrogen) atoms. The second-order valence-electron chi connectivity index (χ2n) is 4.43. The van der Waals surface area contributed by atoms with E-state index in [-0.39, 0.29) is 11.8 Å². The number of carbonyl (C=O) groups excluding carboxylic acids is 1. The third-order valence-electron chi connectivity index (χ3n) is 2.65. The Morgan fingerprint density at radius 2 is 2.06 bits per heavy atom. The average molecular weight is 263 g/mol. The van der Waals surface area contributed by atoms with Crippen LogP contribution in [0.1, 0.15) is 25.0 Å². The molecule has 96 valence electrons. The first kappa shape index (κ1) is 13.0. The van der Waals surface area contributed by atoms with Crippen molar-refractivity contribution >= 4 is 22.8 Å². The number of carbonyl (C=O) groups is 1. The van der Waals surface area contributed by atoms with Crippen LogP contribution in [0.4, 0.5) is 0 Å². The topological polar surface area (TPSA) is 53.2 Å². The van der Waals surface area contributed by atoms with Crippen LogP contribution in [0.25, 0.3) is 4.91 Å². The van der Waals surface area contributed by atoms with Gasteiger partial charge in [-0.25, -0.2) is 0 Å². The largest absolute Gasteiger partial charge is 0.352 e. The van der Waals surface area contributed by atoms with E-state index < -0.39 is 0 Å². The van der Waals surface area contributed by atoms with Gasteiger partial charge in [0.25, 0.3) is 0 Å². The number of hydrazine groups is 1. The molecule has 1 aromatic rings. The maximum atomic E-state index is 11.5. The van der Waals surface area contributed by atoms with E-state index in [1.54, 1.807) is 11.9 Å². The fraction of sp³-hybridized carbons (Fsp3) is 0.308. The highest BCUT2D eigenvalue weighted by Crippen LogP contribution is 2.26. The summed E-state index contributed by atoms with van der Waals surface area (Å²) in [5, 5.41) is 2.90. The number of rotatable bonds is 4.